The summed E-state index contributed by atoms with van der Waals surface area (Å²) >= 11 is 0. The third-order valence-corrected chi connectivity index (χ3v) is 3.66. The number of hydrogen-bond acceptors (Lipinski definition) is 2. The first-order valence-electron chi connectivity index (χ1n) is 6.67. The van der Waals surface area contributed by atoms with E-state index in [2.05, 4.69) is 4.98 Å². The number of rotatable bonds is 5. The number of carbonyl (C=O) groups excluding carboxylic acids is 1. The van der Waals surface area contributed by atoms with E-state index >= 15 is 0 Å². The minimum Gasteiger partial charge on any atom is -0.299 e. The highest BCUT2D eigenvalue weighted by molar-refractivity contribution is 5.80. The molecule has 0 aromatic carbocycles. The second kappa shape index (κ2) is 5.95. The number of aryl methyl sites for hydroxylation is 1. The number of pyridine rings is 1. The molecule has 0 unspecified atom stereocenters. The van der Waals surface area contributed by atoms with Crippen LogP contribution in [0.1, 0.15) is 49.8 Å². The molecule has 2 nitrogen and oxygen atoms in total. The quantitative estimate of drug-likeness (QED) is 0.776. The number of carbonyl (C=O) groups is 1. The molecule has 1 heterocycles. The van der Waals surface area contributed by atoms with Gasteiger partial charge in [-0.15, -0.1) is 0 Å². The number of nitrogens with zero attached hydrogens (tertiary/aromatic N) is 1. The van der Waals surface area contributed by atoms with Crippen molar-refractivity contribution in [3.8, 4) is 0 Å². The predicted molar refractivity (Wildman–Crippen MR) is 68.9 cm³/mol. The van der Waals surface area contributed by atoms with E-state index in [-0.39, 0.29) is 0 Å². The Kier molecular flexibility index (Phi) is 4.29. The molecule has 2 rings (SSSR count). The molecule has 0 N–H and O–H groups in total. The molecule has 1 aliphatic carbocycles. The van der Waals surface area contributed by atoms with Gasteiger partial charge in [-0.25, -0.2) is 0 Å². The Hall–Kier alpha value is -1.18. The monoisotopic (exact) mass is 231 g/mol. The molecule has 1 aliphatic rings. The average molecular weight is 231 g/mol. The van der Waals surface area contributed by atoms with Crippen LogP contribution in [0, 0.1) is 12.8 Å². The van der Waals surface area contributed by atoms with Crippen molar-refractivity contribution in [3.05, 3.63) is 29.6 Å². The number of aromatic nitrogens is 1. The molecule has 1 aromatic heterocycles. The largest absolute Gasteiger partial charge is 0.299 e. The van der Waals surface area contributed by atoms with Gasteiger partial charge in [0.25, 0.3) is 0 Å². The lowest BCUT2D eigenvalue weighted by molar-refractivity contribution is -0.118. The van der Waals surface area contributed by atoms with Gasteiger partial charge in [0.1, 0.15) is 5.78 Å². The highest BCUT2D eigenvalue weighted by Gasteiger charge is 2.16. The standard InChI is InChI=1S/C15H21NO/c1-12-6-8-14(16-11-12)10-15(17)9-7-13-4-2-3-5-13/h6,8,11,13H,2-5,7,9-10H2,1H3. The van der Waals surface area contributed by atoms with E-state index in [1.165, 1.54) is 25.7 Å². The summed E-state index contributed by atoms with van der Waals surface area (Å²) in [6, 6.07) is 3.98. The molecule has 2 heteroatoms. The van der Waals surface area contributed by atoms with Crippen molar-refractivity contribution in [2.24, 2.45) is 5.92 Å². The van der Waals surface area contributed by atoms with Crippen LogP contribution in [0.4, 0.5) is 0 Å². The van der Waals surface area contributed by atoms with Crippen LogP contribution in [-0.2, 0) is 11.2 Å². The second-order valence-corrected chi connectivity index (χ2v) is 5.23. The Morgan fingerprint density at radius 1 is 1.35 bits per heavy atom. The fourth-order valence-corrected chi connectivity index (χ4v) is 2.56. The topological polar surface area (TPSA) is 30.0 Å². The van der Waals surface area contributed by atoms with Crippen LogP contribution in [-0.4, -0.2) is 10.8 Å². The smallest absolute Gasteiger partial charge is 0.138 e. The van der Waals surface area contributed by atoms with Crippen molar-refractivity contribution < 1.29 is 4.79 Å². The van der Waals surface area contributed by atoms with Gasteiger partial charge in [0, 0.05) is 24.7 Å². The minimum atomic E-state index is 0.341. The van der Waals surface area contributed by atoms with Crippen LogP contribution in [0.2, 0.25) is 0 Å². The molecule has 1 aromatic rings. The van der Waals surface area contributed by atoms with Crippen molar-refractivity contribution in [3.63, 3.8) is 0 Å². The van der Waals surface area contributed by atoms with Gasteiger partial charge in [0.2, 0.25) is 0 Å². The zero-order chi connectivity index (χ0) is 12.1. The van der Waals surface area contributed by atoms with Gasteiger partial charge < -0.3 is 0 Å². The van der Waals surface area contributed by atoms with Crippen molar-refractivity contribution in [2.75, 3.05) is 0 Å². The molecule has 1 fully saturated rings. The van der Waals surface area contributed by atoms with Gasteiger partial charge >= 0.3 is 0 Å². The van der Waals surface area contributed by atoms with Crippen LogP contribution in [0.25, 0.3) is 0 Å². The molecule has 0 radical (unpaired) electrons. The Morgan fingerprint density at radius 3 is 2.76 bits per heavy atom. The van der Waals surface area contributed by atoms with Gasteiger partial charge in [0.15, 0.2) is 0 Å². The normalized spacial score (nSPS) is 16.3. The molecule has 0 aliphatic heterocycles. The van der Waals surface area contributed by atoms with Gasteiger partial charge in [-0.1, -0.05) is 31.7 Å². The highest BCUT2D eigenvalue weighted by atomic mass is 16.1. The van der Waals surface area contributed by atoms with E-state index in [1.54, 1.807) is 0 Å². The van der Waals surface area contributed by atoms with Crippen LogP contribution in [0.3, 0.4) is 0 Å². The SMILES string of the molecule is Cc1ccc(CC(=O)CCC2CCCC2)nc1. The summed E-state index contributed by atoms with van der Waals surface area (Å²) < 4.78 is 0. The van der Waals surface area contributed by atoms with E-state index in [4.69, 9.17) is 0 Å². The van der Waals surface area contributed by atoms with E-state index < -0.39 is 0 Å². The minimum absolute atomic E-state index is 0.341. The third-order valence-electron chi connectivity index (χ3n) is 3.66. The molecular weight excluding hydrogens is 210 g/mol. The Labute approximate surface area is 103 Å². The fraction of sp³-hybridized carbons (Fsp3) is 0.600. The van der Waals surface area contributed by atoms with E-state index in [1.807, 2.05) is 25.3 Å². The van der Waals surface area contributed by atoms with Crippen LogP contribution in [0.5, 0.6) is 0 Å². The summed E-state index contributed by atoms with van der Waals surface area (Å²) in [7, 11) is 0. The predicted octanol–water partition coefficient (Wildman–Crippen LogP) is 3.47. The fourth-order valence-electron chi connectivity index (χ4n) is 2.56. The summed E-state index contributed by atoms with van der Waals surface area (Å²) in [6.07, 6.45) is 9.54. The molecule has 0 saturated heterocycles. The van der Waals surface area contributed by atoms with Gasteiger partial charge in [-0.2, -0.15) is 0 Å². The van der Waals surface area contributed by atoms with Crippen molar-refractivity contribution in [1.82, 2.24) is 4.98 Å². The summed E-state index contributed by atoms with van der Waals surface area (Å²) in [5.74, 6) is 1.15. The summed E-state index contributed by atoms with van der Waals surface area (Å²) in [5.41, 5.74) is 2.05. The molecule has 17 heavy (non-hydrogen) atoms. The molecule has 0 bridgehead atoms. The molecule has 92 valence electrons. The van der Waals surface area contributed by atoms with Crippen LogP contribution >= 0.6 is 0 Å². The van der Waals surface area contributed by atoms with Gasteiger partial charge in [0.05, 0.1) is 0 Å². The second-order valence-electron chi connectivity index (χ2n) is 5.23. The van der Waals surface area contributed by atoms with E-state index in [0.717, 1.165) is 30.0 Å². The van der Waals surface area contributed by atoms with Gasteiger partial charge in [-0.05, 0) is 30.9 Å². The Morgan fingerprint density at radius 2 is 2.12 bits per heavy atom. The lowest BCUT2D eigenvalue weighted by Crippen LogP contribution is -2.06. The maximum Gasteiger partial charge on any atom is 0.138 e. The maximum atomic E-state index is 11.8. The number of ketones is 1. The Bertz CT molecular complexity index is 363. The van der Waals surface area contributed by atoms with E-state index in [9.17, 15) is 4.79 Å². The maximum absolute atomic E-state index is 11.8. The number of Topliss-reactive ketones (excluding diaryl/α,β-unsaturated/α-hetero) is 1. The highest BCUT2D eigenvalue weighted by Crippen LogP contribution is 2.28. The lowest BCUT2D eigenvalue weighted by Gasteiger charge is -2.07. The van der Waals surface area contributed by atoms with E-state index in [0.29, 0.717) is 12.2 Å². The molecular formula is C15H21NO. The van der Waals surface area contributed by atoms with Crippen LogP contribution < -0.4 is 0 Å². The molecule has 0 atom stereocenters. The van der Waals surface area contributed by atoms with Gasteiger partial charge in [-0.3, -0.25) is 9.78 Å². The summed E-state index contributed by atoms with van der Waals surface area (Å²) in [4.78, 5) is 16.1. The summed E-state index contributed by atoms with van der Waals surface area (Å²) in [5, 5.41) is 0. The van der Waals surface area contributed by atoms with Crippen molar-refractivity contribution in [1.29, 1.82) is 0 Å². The third kappa shape index (κ3) is 3.95. The molecule has 0 spiro atoms. The first kappa shape index (κ1) is 12.3. The number of hydrogen-bond donors (Lipinski definition) is 0. The average Bonchev–Trinajstić information content (AvgIpc) is 2.83. The molecule has 0 amide bonds. The van der Waals surface area contributed by atoms with Crippen molar-refractivity contribution >= 4 is 5.78 Å². The van der Waals surface area contributed by atoms with Crippen molar-refractivity contribution in [2.45, 2.75) is 51.9 Å². The van der Waals surface area contributed by atoms with Crippen LogP contribution in [0.15, 0.2) is 18.3 Å². The zero-order valence-electron chi connectivity index (χ0n) is 10.6. The lowest BCUT2D eigenvalue weighted by atomic mass is 9.98. The molecule has 1 saturated carbocycles. The zero-order valence-corrected chi connectivity index (χ0v) is 10.6. The Balaban J connectivity index is 1.74. The summed E-state index contributed by atoms with van der Waals surface area (Å²) in [6.45, 7) is 2.01. The first-order chi connectivity index (χ1) is 8.24. The first-order valence-corrected chi connectivity index (χ1v) is 6.67.